The average Bonchev–Trinajstić information content (AvgIpc) is 2.67. The molecule has 1 fully saturated rings. The molecule has 3 nitrogen and oxygen atoms in total. The number of ether oxygens (including phenoxy) is 1. The first kappa shape index (κ1) is 17.0. The molecule has 0 heterocycles. The molecular formula is C21H27NO2. The van der Waals surface area contributed by atoms with E-state index in [1.54, 1.807) is 7.11 Å². The second-order valence-electron chi connectivity index (χ2n) is 6.68. The van der Waals surface area contributed by atoms with E-state index in [9.17, 15) is 5.11 Å². The van der Waals surface area contributed by atoms with Gasteiger partial charge in [-0.15, -0.1) is 0 Å². The average molecular weight is 325 g/mol. The number of para-hydroxylation sites is 1. The number of aliphatic hydroxyl groups is 1. The third-order valence-corrected chi connectivity index (χ3v) is 5.07. The van der Waals surface area contributed by atoms with Gasteiger partial charge in [-0.3, -0.25) is 0 Å². The van der Waals surface area contributed by atoms with Crippen molar-refractivity contribution in [2.24, 2.45) is 5.92 Å². The number of hydrogen-bond acceptors (Lipinski definition) is 3. The Kier molecular flexibility index (Phi) is 5.89. The molecular weight excluding hydrogens is 298 g/mol. The minimum Gasteiger partial charge on any atom is -0.496 e. The minimum absolute atomic E-state index is 0.344. The Labute approximate surface area is 144 Å². The number of aliphatic hydroxyl groups excluding tert-OH is 1. The SMILES string of the molecule is COc1ccccc1-c1ccc(CNC2CCC(CO)CC2)cc1. The Morgan fingerprint density at radius 1 is 1.00 bits per heavy atom. The van der Waals surface area contributed by atoms with E-state index in [4.69, 9.17) is 4.74 Å². The summed E-state index contributed by atoms with van der Waals surface area (Å²) in [6.45, 7) is 1.25. The van der Waals surface area contributed by atoms with Crippen LogP contribution in [0.5, 0.6) is 5.75 Å². The molecule has 128 valence electrons. The van der Waals surface area contributed by atoms with Gasteiger partial charge in [0.25, 0.3) is 0 Å². The van der Waals surface area contributed by atoms with Crippen LogP contribution in [-0.2, 0) is 6.54 Å². The number of methoxy groups -OCH3 is 1. The number of rotatable bonds is 6. The highest BCUT2D eigenvalue weighted by Gasteiger charge is 2.19. The van der Waals surface area contributed by atoms with E-state index in [1.165, 1.54) is 24.0 Å². The maximum Gasteiger partial charge on any atom is 0.126 e. The minimum atomic E-state index is 0.344. The molecule has 0 atom stereocenters. The summed E-state index contributed by atoms with van der Waals surface area (Å²) in [5, 5.41) is 12.9. The lowest BCUT2D eigenvalue weighted by molar-refractivity contribution is 0.175. The standard InChI is InChI=1S/C21H27NO2/c1-24-21-5-3-2-4-20(21)18-10-6-16(7-11-18)14-22-19-12-8-17(15-23)9-13-19/h2-7,10-11,17,19,22-23H,8-9,12-15H2,1H3. The van der Waals surface area contributed by atoms with Gasteiger partial charge in [0.05, 0.1) is 7.11 Å². The zero-order valence-electron chi connectivity index (χ0n) is 14.4. The van der Waals surface area contributed by atoms with E-state index in [1.807, 2.05) is 18.2 Å². The van der Waals surface area contributed by atoms with Crippen molar-refractivity contribution in [2.75, 3.05) is 13.7 Å². The van der Waals surface area contributed by atoms with Crippen LogP contribution in [0.2, 0.25) is 0 Å². The van der Waals surface area contributed by atoms with Gasteiger partial charge in [0, 0.05) is 24.8 Å². The van der Waals surface area contributed by atoms with Gasteiger partial charge in [-0.25, -0.2) is 0 Å². The number of hydrogen-bond donors (Lipinski definition) is 2. The molecule has 0 spiro atoms. The summed E-state index contributed by atoms with van der Waals surface area (Å²) in [6.07, 6.45) is 4.62. The van der Waals surface area contributed by atoms with E-state index in [2.05, 4.69) is 35.6 Å². The van der Waals surface area contributed by atoms with Gasteiger partial charge >= 0.3 is 0 Å². The fourth-order valence-electron chi connectivity index (χ4n) is 3.50. The predicted molar refractivity (Wildman–Crippen MR) is 98.1 cm³/mol. The largest absolute Gasteiger partial charge is 0.496 e. The molecule has 1 aliphatic rings. The molecule has 3 heteroatoms. The van der Waals surface area contributed by atoms with Crippen LogP contribution < -0.4 is 10.1 Å². The van der Waals surface area contributed by atoms with Crippen LogP contribution in [0.4, 0.5) is 0 Å². The van der Waals surface area contributed by atoms with Crippen molar-refractivity contribution >= 4 is 0 Å². The summed E-state index contributed by atoms with van der Waals surface area (Å²) in [7, 11) is 1.71. The summed E-state index contributed by atoms with van der Waals surface area (Å²) in [5.41, 5.74) is 3.61. The maximum atomic E-state index is 9.21. The van der Waals surface area contributed by atoms with Crippen molar-refractivity contribution < 1.29 is 9.84 Å². The van der Waals surface area contributed by atoms with Gasteiger partial charge in [-0.2, -0.15) is 0 Å². The van der Waals surface area contributed by atoms with Gasteiger partial charge in [0.15, 0.2) is 0 Å². The lowest BCUT2D eigenvalue weighted by Crippen LogP contribution is -2.33. The molecule has 0 unspecified atom stereocenters. The Balaban J connectivity index is 1.57. The van der Waals surface area contributed by atoms with Crippen LogP contribution in [0.1, 0.15) is 31.2 Å². The Morgan fingerprint density at radius 2 is 1.71 bits per heavy atom. The van der Waals surface area contributed by atoms with Gasteiger partial charge in [0.2, 0.25) is 0 Å². The quantitative estimate of drug-likeness (QED) is 0.843. The first-order chi connectivity index (χ1) is 11.8. The molecule has 3 rings (SSSR count). The van der Waals surface area contributed by atoms with Crippen LogP contribution in [0, 0.1) is 5.92 Å². The molecule has 24 heavy (non-hydrogen) atoms. The van der Waals surface area contributed by atoms with Crippen LogP contribution in [-0.4, -0.2) is 24.9 Å². The Hall–Kier alpha value is -1.84. The summed E-state index contributed by atoms with van der Waals surface area (Å²) in [4.78, 5) is 0. The van der Waals surface area contributed by atoms with Crippen LogP contribution >= 0.6 is 0 Å². The second-order valence-corrected chi connectivity index (χ2v) is 6.68. The first-order valence-electron chi connectivity index (χ1n) is 8.86. The van der Waals surface area contributed by atoms with Crippen molar-refractivity contribution in [2.45, 2.75) is 38.3 Å². The smallest absolute Gasteiger partial charge is 0.126 e. The fourth-order valence-corrected chi connectivity index (χ4v) is 3.50. The van der Waals surface area contributed by atoms with Gasteiger partial charge in [0.1, 0.15) is 5.75 Å². The molecule has 0 aromatic heterocycles. The predicted octanol–water partition coefficient (Wildman–Crippen LogP) is 4.00. The summed E-state index contributed by atoms with van der Waals surface area (Å²) < 4.78 is 5.44. The van der Waals surface area contributed by atoms with Crippen molar-refractivity contribution in [3.63, 3.8) is 0 Å². The third kappa shape index (κ3) is 4.16. The van der Waals surface area contributed by atoms with Gasteiger partial charge in [-0.05, 0) is 48.8 Å². The molecule has 0 bridgehead atoms. The summed E-state index contributed by atoms with van der Waals surface area (Å²) >= 11 is 0. The summed E-state index contributed by atoms with van der Waals surface area (Å²) in [5.74, 6) is 1.42. The monoisotopic (exact) mass is 325 g/mol. The van der Waals surface area contributed by atoms with E-state index in [-0.39, 0.29) is 0 Å². The van der Waals surface area contributed by atoms with Crippen molar-refractivity contribution in [3.8, 4) is 16.9 Å². The van der Waals surface area contributed by atoms with Crippen LogP contribution in [0.25, 0.3) is 11.1 Å². The number of benzene rings is 2. The van der Waals surface area contributed by atoms with E-state index < -0.39 is 0 Å². The van der Waals surface area contributed by atoms with Gasteiger partial charge in [-0.1, -0.05) is 42.5 Å². The highest BCUT2D eigenvalue weighted by molar-refractivity contribution is 5.70. The highest BCUT2D eigenvalue weighted by atomic mass is 16.5. The molecule has 0 radical (unpaired) electrons. The fraction of sp³-hybridized carbons (Fsp3) is 0.429. The molecule has 1 saturated carbocycles. The molecule has 2 N–H and O–H groups in total. The van der Waals surface area contributed by atoms with E-state index in [0.29, 0.717) is 18.6 Å². The lowest BCUT2D eigenvalue weighted by Gasteiger charge is -2.28. The maximum absolute atomic E-state index is 9.21. The molecule has 1 aliphatic carbocycles. The molecule has 2 aromatic rings. The molecule has 2 aromatic carbocycles. The van der Waals surface area contributed by atoms with E-state index >= 15 is 0 Å². The molecule has 0 saturated heterocycles. The van der Waals surface area contributed by atoms with E-state index in [0.717, 1.165) is 30.7 Å². The normalized spacial score (nSPS) is 20.8. The third-order valence-electron chi connectivity index (χ3n) is 5.07. The van der Waals surface area contributed by atoms with Gasteiger partial charge < -0.3 is 15.2 Å². The second kappa shape index (κ2) is 8.32. The topological polar surface area (TPSA) is 41.5 Å². The number of nitrogens with one attached hydrogen (secondary N) is 1. The summed E-state index contributed by atoms with van der Waals surface area (Å²) in [6, 6.07) is 17.4. The Morgan fingerprint density at radius 3 is 2.38 bits per heavy atom. The van der Waals surface area contributed by atoms with Crippen LogP contribution in [0.3, 0.4) is 0 Å². The zero-order valence-corrected chi connectivity index (χ0v) is 14.4. The van der Waals surface area contributed by atoms with Crippen molar-refractivity contribution in [1.82, 2.24) is 5.32 Å². The lowest BCUT2D eigenvalue weighted by atomic mass is 9.86. The first-order valence-corrected chi connectivity index (χ1v) is 8.86. The highest BCUT2D eigenvalue weighted by Crippen LogP contribution is 2.29. The Bertz CT molecular complexity index is 631. The van der Waals surface area contributed by atoms with Crippen molar-refractivity contribution in [1.29, 1.82) is 0 Å². The van der Waals surface area contributed by atoms with Crippen LogP contribution in [0.15, 0.2) is 48.5 Å². The molecule has 0 aliphatic heterocycles. The van der Waals surface area contributed by atoms with Crippen molar-refractivity contribution in [3.05, 3.63) is 54.1 Å². The molecule has 0 amide bonds. The zero-order chi connectivity index (χ0) is 16.8.